The molecule has 1 aliphatic heterocycles. The summed E-state index contributed by atoms with van der Waals surface area (Å²) >= 11 is 0. The number of nitrogens with zero attached hydrogens (tertiary/aromatic N) is 5. The summed E-state index contributed by atoms with van der Waals surface area (Å²) in [5, 5.41) is 11.1. The van der Waals surface area contributed by atoms with Crippen LogP contribution in [0.4, 0.5) is 35.0 Å². The van der Waals surface area contributed by atoms with E-state index in [9.17, 15) is 26.0 Å². The van der Waals surface area contributed by atoms with E-state index in [1.165, 1.54) is 12.4 Å². The minimum Gasteiger partial charge on any atom is -0.475 e. The second kappa shape index (κ2) is 13.7. The van der Waals surface area contributed by atoms with Gasteiger partial charge in [-0.25, -0.2) is 27.6 Å². The number of aromatic nitrogens is 4. The summed E-state index contributed by atoms with van der Waals surface area (Å²) in [6.45, 7) is 4.28. The first kappa shape index (κ1) is 32.8. The zero-order valence-corrected chi connectivity index (χ0v) is 24.6. The fraction of sp³-hybridized carbons (Fsp3) is 0.500. The topological polar surface area (TPSA) is 169 Å². The molecule has 0 radical (unpaired) electrons. The zero-order chi connectivity index (χ0) is 32.1. The third-order valence-corrected chi connectivity index (χ3v) is 7.32. The fourth-order valence-electron chi connectivity index (χ4n) is 4.58. The van der Waals surface area contributed by atoms with Crippen LogP contribution in [-0.4, -0.2) is 90.3 Å². The van der Waals surface area contributed by atoms with Gasteiger partial charge in [0.1, 0.15) is 11.9 Å². The molecule has 1 aliphatic carbocycles. The van der Waals surface area contributed by atoms with Crippen LogP contribution in [0.15, 0.2) is 24.5 Å². The molecule has 0 spiro atoms. The highest BCUT2D eigenvalue weighted by atomic mass is 32.2. The Morgan fingerprint density at radius 2 is 1.75 bits per heavy atom. The summed E-state index contributed by atoms with van der Waals surface area (Å²) in [5.74, 6) is -1.58. The number of morpholine rings is 1. The number of fused-ring (bicyclic) bond motifs is 1. The summed E-state index contributed by atoms with van der Waals surface area (Å²) in [5.41, 5.74) is 1.33. The van der Waals surface area contributed by atoms with E-state index in [0.717, 1.165) is 37.8 Å². The molecule has 3 aromatic rings. The Morgan fingerprint density at radius 3 is 2.34 bits per heavy atom. The number of anilines is 3. The number of nitrogens with one attached hydrogen (secondary N) is 2. The van der Waals surface area contributed by atoms with Gasteiger partial charge in [-0.3, -0.25) is 9.71 Å². The number of alkyl halides is 3. The van der Waals surface area contributed by atoms with Gasteiger partial charge in [0, 0.05) is 25.2 Å². The summed E-state index contributed by atoms with van der Waals surface area (Å²) in [6.07, 6.45) is 1.81. The number of ether oxygens (including phenoxy) is 2. The molecular formula is C26H31F4N7O6S. The second-order valence-corrected chi connectivity index (χ2v) is 12.0. The fourth-order valence-corrected chi connectivity index (χ4v) is 5.12. The number of carboxylic acids is 1. The van der Waals surface area contributed by atoms with Crippen molar-refractivity contribution in [2.24, 2.45) is 0 Å². The first-order chi connectivity index (χ1) is 20.7. The van der Waals surface area contributed by atoms with Crippen LogP contribution in [0, 0.1) is 12.7 Å². The van der Waals surface area contributed by atoms with Crippen molar-refractivity contribution in [1.82, 2.24) is 19.9 Å². The van der Waals surface area contributed by atoms with Crippen LogP contribution in [0.3, 0.4) is 0 Å². The number of aryl methyl sites for hydroxylation is 1. The van der Waals surface area contributed by atoms with E-state index in [-0.39, 0.29) is 12.1 Å². The van der Waals surface area contributed by atoms with Crippen molar-refractivity contribution in [1.29, 1.82) is 0 Å². The van der Waals surface area contributed by atoms with Gasteiger partial charge in [0.15, 0.2) is 5.82 Å². The smallest absolute Gasteiger partial charge is 0.475 e. The molecule has 0 amide bonds. The molecule has 44 heavy (non-hydrogen) atoms. The Labute approximate surface area is 250 Å². The van der Waals surface area contributed by atoms with Crippen LogP contribution >= 0.6 is 0 Å². The molecule has 1 saturated carbocycles. The van der Waals surface area contributed by atoms with E-state index in [1.54, 1.807) is 13.0 Å². The lowest BCUT2D eigenvalue weighted by Gasteiger charge is -2.31. The van der Waals surface area contributed by atoms with Crippen molar-refractivity contribution in [3.8, 4) is 5.88 Å². The predicted molar refractivity (Wildman–Crippen MR) is 152 cm³/mol. The summed E-state index contributed by atoms with van der Waals surface area (Å²) in [4.78, 5) is 28.5. The normalized spacial score (nSPS) is 19.1. The summed E-state index contributed by atoms with van der Waals surface area (Å²) < 4.78 is 83.1. The molecule has 2 aliphatic rings. The van der Waals surface area contributed by atoms with Gasteiger partial charge >= 0.3 is 12.1 Å². The lowest BCUT2D eigenvalue weighted by atomic mass is 9.93. The van der Waals surface area contributed by atoms with E-state index < -0.39 is 28.0 Å². The summed E-state index contributed by atoms with van der Waals surface area (Å²) in [7, 11) is -3.46. The van der Waals surface area contributed by atoms with Gasteiger partial charge in [-0.1, -0.05) is 0 Å². The molecule has 0 aromatic carbocycles. The lowest BCUT2D eigenvalue weighted by Crippen LogP contribution is -2.37. The highest BCUT2D eigenvalue weighted by Gasteiger charge is 2.38. The molecule has 0 bridgehead atoms. The van der Waals surface area contributed by atoms with Crippen molar-refractivity contribution >= 4 is 44.3 Å². The zero-order valence-electron chi connectivity index (χ0n) is 23.8. The van der Waals surface area contributed by atoms with Crippen molar-refractivity contribution in [3.63, 3.8) is 0 Å². The number of hydrogen-bond donors (Lipinski definition) is 3. The Balaban J connectivity index is 0.000000566. The van der Waals surface area contributed by atoms with E-state index >= 15 is 0 Å². The van der Waals surface area contributed by atoms with Crippen LogP contribution in [0.2, 0.25) is 0 Å². The number of sulfonamides is 1. The SMILES string of the molecule is Cc1nc(NC2CCC(Oc3nc(N4CCOCC4)cc4ncc(NS(C)(=O)=O)cc34)CC2)ncc1F.O=C(O)C(F)(F)F. The number of pyridine rings is 2. The minimum absolute atomic E-state index is 0.0731. The van der Waals surface area contributed by atoms with Crippen LogP contribution in [0.25, 0.3) is 10.9 Å². The van der Waals surface area contributed by atoms with Gasteiger partial charge < -0.3 is 24.8 Å². The Morgan fingerprint density at radius 1 is 1.09 bits per heavy atom. The second-order valence-electron chi connectivity index (χ2n) is 10.2. The van der Waals surface area contributed by atoms with Gasteiger partial charge in [0.05, 0.1) is 54.1 Å². The number of halogens is 4. The largest absolute Gasteiger partial charge is 0.490 e. The maximum absolute atomic E-state index is 13.5. The van der Waals surface area contributed by atoms with Gasteiger partial charge in [0.2, 0.25) is 21.9 Å². The van der Waals surface area contributed by atoms with Crippen LogP contribution in [0.5, 0.6) is 5.88 Å². The van der Waals surface area contributed by atoms with Crippen LogP contribution in [-0.2, 0) is 19.6 Å². The predicted octanol–water partition coefficient (Wildman–Crippen LogP) is 3.51. The molecule has 4 heterocycles. The van der Waals surface area contributed by atoms with Crippen molar-refractivity contribution in [2.75, 3.05) is 47.5 Å². The number of carbonyl (C=O) groups is 1. The number of aliphatic carboxylic acids is 1. The standard InChI is InChI=1S/C24H30FN7O4S.C2HF3O2/c1-15-20(25)14-27-24(28-15)29-16-3-5-18(6-4-16)36-23-19-11-17(31-37(2,33)34)13-26-21(19)12-22(30-23)32-7-9-35-10-8-32;3-2(4,5)1(6)7/h11-14,16,18,31H,3-10H2,1-2H3,(H,27,28,29);(H,6,7). The molecule has 3 aromatic heterocycles. The Bertz CT molecular complexity index is 1580. The molecule has 0 atom stereocenters. The average Bonchev–Trinajstić information content (AvgIpc) is 2.95. The van der Waals surface area contributed by atoms with Crippen LogP contribution < -0.4 is 19.7 Å². The van der Waals surface area contributed by atoms with Gasteiger partial charge in [0.25, 0.3) is 0 Å². The molecule has 13 nitrogen and oxygen atoms in total. The third-order valence-electron chi connectivity index (χ3n) is 6.72. The minimum atomic E-state index is -5.08. The van der Waals surface area contributed by atoms with Crippen LogP contribution in [0.1, 0.15) is 31.4 Å². The van der Waals surface area contributed by atoms with E-state index in [0.29, 0.717) is 60.4 Å². The lowest BCUT2D eigenvalue weighted by molar-refractivity contribution is -0.192. The van der Waals surface area contributed by atoms with E-state index in [1.807, 2.05) is 6.07 Å². The monoisotopic (exact) mass is 645 g/mol. The van der Waals surface area contributed by atoms with Gasteiger partial charge in [-0.05, 0) is 38.7 Å². The van der Waals surface area contributed by atoms with E-state index in [4.69, 9.17) is 24.4 Å². The molecule has 2 fully saturated rings. The van der Waals surface area contributed by atoms with Crippen molar-refractivity contribution < 1.29 is 45.4 Å². The summed E-state index contributed by atoms with van der Waals surface area (Å²) in [6, 6.07) is 3.75. The van der Waals surface area contributed by atoms with Crippen molar-refractivity contribution in [3.05, 3.63) is 36.0 Å². The first-order valence-electron chi connectivity index (χ1n) is 13.5. The quantitative estimate of drug-likeness (QED) is 0.320. The molecule has 240 valence electrons. The highest BCUT2D eigenvalue weighted by molar-refractivity contribution is 7.92. The molecular weight excluding hydrogens is 614 g/mol. The van der Waals surface area contributed by atoms with Gasteiger partial charge in [-0.2, -0.15) is 18.2 Å². The number of carboxylic acid groups (broad SMARTS) is 1. The molecule has 18 heteroatoms. The average molecular weight is 646 g/mol. The van der Waals surface area contributed by atoms with Gasteiger partial charge in [-0.15, -0.1) is 0 Å². The maximum Gasteiger partial charge on any atom is 0.490 e. The van der Waals surface area contributed by atoms with E-state index in [2.05, 4.69) is 29.9 Å². The van der Waals surface area contributed by atoms with Crippen molar-refractivity contribution in [2.45, 2.75) is 50.9 Å². The first-order valence-corrected chi connectivity index (χ1v) is 15.4. The molecule has 0 unspecified atom stereocenters. The number of hydrogen-bond acceptors (Lipinski definition) is 11. The molecule has 3 N–H and O–H groups in total. The third kappa shape index (κ3) is 9.22. The highest BCUT2D eigenvalue weighted by Crippen LogP contribution is 2.33. The molecule has 5 rings (SSSR count). The Hall–Kier alpha value is -4.06. The molecule has 1 saturated heterocycles. The Kier molecular flexibility index (Phi) is 10.2. The number of rotatable bonds is 7. The maximum atomic E-state index is 13.5.